The SMILES string of the molecule is CC(=O)O[C@]1(C(=O)OCCl)[C@@H](C)C[C@H]2[C@@H]3CCC4=CC(=O)C=C[C@]4(C)[C@@]3(F)[C@@H](O)C[C@@]21C. The molecule has 4 aliphatic rings. The molecule has 3 fully saturated rings. The molecule has 0 unspecified atom stereocenters. The summed E-state index contributed by atoms with van der Waals surface area (Å²) in [5.74, 6) is -2.99. The van der Waals surface area contributed by atoms with Crippen LogP contribution >= 0.6 is 11.6 Å². The van der Waals surface area contributed by atoms with Gasteiger partial charge in [0.1, 0.15) is 0 Å². The average molecular weight is 469 g/mol. The van der Waals surface area contributed by atoms with Crippen molar-refractivity contribution >= 4 is 29.3 Å². The van der Waals surface area contributed by atoms with E-state index >= 15 is 4.39 Å². The van der Waals surface area contributed by atoms with Crippen LogP contribution in [0.4, 0.5) is 4.39 Å². The summed E-state index contributed by atoms with van der Waals surface area (Å²) < 4.78 is 28.0. The molecule has 0 aromatic rings. The van der Waals surface area contributed by atoms with Crippen molar-refractivity contribution in [3.63, 3.8) is 0 Å². The monoisotopic (exact) mass is 468 g/mol. The standard InChI is InChI=1S/C24H30ClFO6/c1-13-9-18-17-6-5-15-10-16(28)7-8-21(15,3)23(17,26)19(29)11-22(18,4)24(13,32-14(2)27)20(30)31-12-25/h7-8,10,13,17-19,29H,5-6,9,11-12H2,1-4H3/t13-,17-,18-,19-,21-,22-,23-,24-/m0/s1. The van der Waals surface area contributed by atoms with E-state index in [0.717, 1.165) is 0 Å². The van der Waals surface area contributed by atoms with Crippen molar-refractivity contribution in [2.75, 3.05) is 6.07 Å². The lowest BCUT2D eigenvalue weighted by Gasteiger charge is -2.62. The molecule has 0 radical (unpaired) electrons. The van der Waals surface area contributed by atoms with Gasteiger partial charge < -0.3 is 14.6 Å². The largest absolute Gasteiger partial charge is 0.446 e. The van der Waals surface area contributed by atoms with Crippen LogP contribution in [0.1, 0.15) is 53.4 Å². The number of hydrogen-bond acceptors (Lipinski definition) is 6. The molecule has 1 N–H and O–H groups in total. The number of rotatable bonds is 3. The van der Waals surface area contributed by atoms with Crippen molar-refractivity contribution in [2.24, 2.45) is 28.6 Å². The fraction of sp³-hybridized carbons (Fsp3) is 0.708. The van der Waals surface area contributed by atoms with Crippen LogP contribution in [-0.4, -0.2) is 46.3 Å². The molecule has 0 bridgehead atoms. The zero-order valence-electron chi connectivity index (χ0n) is 18.8. The topological polar surface area (TPSA) is 89.9 Å². The summed E-state index contributed by atoms with van der Waals surface area (Å²) in [6.07, 6.45) is 4.27. The molecule has 4 rings (SSSR count). The Kier molecular flexibility index (Phi) is 5.41. The van der Waals surface area contributed by atoms with E-state index in [1.54, 1.807) is 26.8 Å². The predicted octanol–water partition coefficient (Wildman–Crippen LogP) is 3.64. The molecule has 0 amide bonds. The van der Waals surface area contributed by atoms with Gasteiger partial charge in [-0.25, -0.2) is 9.18 Å². The average Bonchev–Trinajstić information content (AvgIpc) is 2.91. The van der Waals surface area contributed by atoms with Crippen LogP contribution in [0, 0.1) is 28.6 Å². The highest BCUT2D eigenvalue weighted by molar-refractivity contribution is 6.17. The number of fused-ring (bicyclic) bond motifs is 5. The third-order valence-corrected chi connectivity index (χ3v) is 9.08. The molecular formula is C24H30ClFO6. The quantitative estimate of drug-likeness (QED) is 0.502. The first-order chi connectivity index (χ1) is 14.9. The number of esters is 2. The van der Waals surface area contributed by atoms with Crippen molar-refractivity contribution in [1.29, 1.82) is 0 Å². The number of ketones is 1. The Bertz CT molecular complexity index is 931. The van der Waals surface area contributed by atoms with E-state index in [1.165, 1.54) is 19.1 Å². The van der Waals surface area contributed by atoms with Gasteiger partial charge in [0.15, 0.2) is 17.5 Å². The van der Waals surface area contributed by atoms with Gasteiger partial charge in [-0.1, -0.05) is 37.1 Å². The van der Waals surface area contributed by atoms with Crippen LogP contribution in [0.15, 0.2) is 23.8 Å². The van der Waals surface area contributed by atoms with Crippen molar-refractivity contribution < 1.29 is 33.4 Å². The first-order valence-corrected chi connectivity index (χ1v) is 11.7. The molecule has 0 spiro atoms. The minimum Gasteiger partial charge on any atom is -0.446 e. The Balaban J connectivity index is 1.85. The lowest BCUT2D eigenvalue weighted by Crippen LogP contribution is -2.70. The maximum atomic E-state index is 17.2. The highest BCUT2D eigenvalue weighted by Crippen LogP contribution is 2.71. The summed E-state index contributed by atoms with van der Waals surface area (Å²) in [5.41, 5.74) is -5.19. The van der Waals surface area contributed by atoms with Crippen LogP contribution in [-0.2, 0) is 23.9 Å². The third-order valence-electron chi connectivity index (χ3n) is 8.97. The van der Waals surface area contributed by atoms with Gasteiger partial charge in [0.2, 0.25) is 5.60 Å². The number of ether oxygens (including phenoxy) is 2. The Morgan fingerprint density at radius 1 is 1.31 bits per heavy atom. The minimum absolute atomic E-state index is 0.0929. The Morgan fingerprint density at radius 2 is 2.00 bits per heavy atom. The van der Waals surface area contributed by atoms with Gasteiger partial charge in [-0.3, -0.25) is 9.59 Å². The normalized spacial score (nSPS) is 47.1. The van der Waals surface area contributed by atoms with Gasteiger partial charge in [-0.2, -0.15) is 0 Å². The zero-order valence-corrected chi connectivity index (χ0v) is 19.6. The van der Waals surface area contributed by atoms with Gasteiger partial charge in [0.05, 0.1) is 6.10 Å². The van der Waals surface area contributed by atoms with Gasteiger partial charge >= 0.3 is 11.9 Å². The smallest absolute Gasteiger partial charge is 0.352 e. The van der Waals surface area contributed by atoms with Crippen molar-refractivity contribution in [1.82, 2.24) is 0 Å². The fourth-order valence-electron chi connectivity index (χ4n) is 7.61. The minimum atomic E-state index is -2.03. The number of carbonyl (C=O) groups excluding carboxylic acids is 3. The molecular weight excluding hydrogens is 439 g/mol. The lowest BCUT2D eigenvalue weighted by molar-refractivity contribution is -0.235. The maximum Gasteiger partial charge on any atom is 0.352 e. The van der Waals surface area contributed by atoms with E-state index in [0.29, 0.717) is 24.8 Å². The summed E-state index contributed by atoms with van der Waals surface area (Å²) in [4.78, 5) is 37.3. The molecule has 8 heteroatoms. The van der Waals surface area contributed by atoms with E-state index in [2.05, 4.69) is 0 Å². The van der Waals surface area contributed by atoms with E-state index in [4.69, 9.17) is 21.1 Å². The molecule has 3 saturated carbocycles. The third kappa shape index (κ3) is 2.70. The number of aliphatic hydroxyl groups excluding tert-OH is 1. The molecule has 6 nitrogen and oxygen atoms in total. The summed E-state index contributed by atoms with van der Waals surface area (Å²) >= 11 is 5.68. The lowest BCUT2D eigenvalue weighted by atomic mass is 9.44. The molecule has 0 saturated heterocycles. The van der Waals surface area contributed by atoms with Crippen LogP contribution < -0.4 is 0 Å². The molecule has 0 aromatic heterocycles. The van der Waals surface area contributed by atoms with Crippen molar-refractivity contribution in [2.45, 2.75) is 70.8 Å². The van der Waals surface area contributed by atoms with E-state index < -0.39 is 58.0 Å². The number of hydrogen-bond donors (Lipinski definition) is 1. The molecule has 4 aliphatic carbocycles. The highest BCUT2D eigenvalue weighted by Gasteiger charge is 2.77. The van der Waals surface area contributed by atoms with Crippen LogP contribution in [0.3, 0.4) is 0 Å². The van der Waals surface area contributed by atoms with Crippen molar-refractivity contribution in [3.8, 4) is 0 Å². The Labute approximate surface area is 192 Å². The second-order valence-corrected chi connectivity index (χ2v) is 10.5. The Hall–Kier alpha value is -1.73. The van der Waals surface area contributed by atoms with Gasteiger partial charge in [0.25, 0.3) is 0 Å². The first-order valence-electron chi connectivity index (χ1n) is 11.1. The maximum absolute atomic E-state index is 17.2. The number of carbonyl (C=O) groups is 3. The second-order valence-electron chi connectivity index (χ2n) is 10.3. The van der Waals surface area contributed by atoms with Crippen LogP contribution in [0.5, 0.6) is 0 Å². The zero-order chi connectivity index (χ0) is 23.7. The number of alkyl halides is 2. The number of allylic oxidation sites excluding steroid dienone is 4. The predicted molar refractivity (Wildman–Crippen MR) is 114 cm³/mol. The Morgan fingerprint density at radius 3 is 2.62 bits per heavy atom. The van der Waals surface area contributed by atoms with Crippen LogP contribution in [0.25, 0.3) is 0 Å². The van der Waals surface area contributed by atoms with E-state index in [-0.39, 0.29) is 18.1 Å². The number of halogens is 2. The highest BCUT2D eigenvalue weighted by atomic mass is 35.5. The summed E-state index contributed by atoms with van der Waals surface area (Å²) in [7, 11) is 0. The molecule has 176 valence electrons. The molecule has 32 heavy (non-hydrogen) atoms. The van der Waals surface area contributed by atoms with E-state index in [1.807, 2.05) is 0 Å². The van der Waals surface area contributed by atoms with Gasteiger partial charge in [0, 0.05) is 29.6 Å². The molecule has 0 heterocycles. The summed E-state index contributed by atoms with van der Waals surface area (Å²) in [6.45, 7) is 6.54. The molecule has 8 atom stereocenters. The summed E-state index contributed by atoms with van der Waals surface area (Å²) in [6, 6.07) is -0.403. The molecule has 0 aliphatic heterocycles. The van der Waals surface area contributed by atoms with Crippen molar-refractivity contribution in [3.05, 3.63) is 23.8 Å². The van der Waals surface area contributed by atoms with E-state index in [9.17, 15) is 19.5 Å². The van der Waals surface area contributed by atoms with Gasteiger partial charge in [-0.15, -0.1) is 0 Å². The molecule has 0 aromatic carbocycles. The van der Waals surface area contributed by atoms with Gasteiger partial charge in [-0.05, 0) is 50.7 Å². The number of aliphatic hydroxyl groups is 1. The van der Waals surface area contributed by atoms with Crippen LogP contribution in [0.2, 0.25) is 0 Å². The first kappa shape index (κ1) is 23.4. The summed E-state index contributed by atoms with van der Waals surface area (Å²) in [5, 5.41) is 11.4. The second kappa shape index (κ2) is 7.39. The fourth-order valence-corrected chi connectivity index (χ4v) is 7.71.